The second-order valence-corrected chi connectivity index (χ2v) is 9.36. The number of fused-ring (bicyclic) bond motifs is 1. The Morgan fingerprint density at radius 3 is 2.59 bits per heavy atom. The summed E-state index contributed by atoms with van der Waals surface area (Å²) in [5, 5.41) is 15.9. The highest BCUT2D eigenvalue weighted by Gasteiger charge is 2.30. The van der Waals surface area contributed by atoms with Crippen LogP contribution >= 0.6 is 11.3 Å². The summed E-state index contributed by atoms with van der Waals surface area (Å²) in [7, 11) is 0. The zero-order valence-corrected chi connectivity index (χ0v) is 19.7. The zero-order chi connectivity index (χ0) is 23.5. The Balaban J connectivity index is 1.39. The van der Waals surface area contributed by atoms with Gasteiger partial charge in [-0.15, -0.1) is 0 Å². The van der Waals surface area contributed by atoms with Crippen LogP contribution in [0.2, 0.25) is 0 Å². The smallest absolute Gasteiger partial charge is 0.246 e. The Bertz CT molecular complexity index is 1190. The number of carbonyl (C=O) groups excluding carboxylic acids is 1. The lowest BCUT2D eigenvalue weighted by Crippen LogP contribution is -2.35. The Labute approximate surface area is 203 Å². The molecule has 5 rings (SSSR count). The number of likely N-dealkylation sites (tertiary alicyclic amines) is 1. The molecule has 1 aromatic heterocycles. The summed E-state index contributed by atoms with van der Waals surface area (Å²) in [6.45, 7) is 3.02. The van der Waals surface area contributed by atoms with E-state index < -0.39 is 0 Å². The standard InChI is InChI=1S/C26H28N4O3S/c27-21-6-5-19(29-26(31)25(18-8-13-34-16-18)30-9-1-2-10-30)15-20(21)24(28)17-4-7-22-23(14-17)33-12-3-11-32-22/h4-8,13-16,25,28H,1-3,9-12,27H2,(H,29,31). The summed E-state index contributed by atoms with van der Waals surface area (Å²) in [4.78, 5) is 15.6. The number of ether oxygens (including phenoxy) is 2. The Morgan fingerprint density at radius 1 is 1.03 bits per heavy atom. The number of nitrogens with two attached hydrogens (primary N) is 1. The molecule has 1 unspecified atom stereocenters. The van der Waals surface area contributed by atoms with E-state index >= 15 is 0 Å². The molecule has 7 nitrogen and oxygen atoms in total. The highest BCUT2D eigenvalue weighted by molar-refractivity contribution is 7.08. The highest BCUT2D eigenvalue weighted by atomic mass is 32.1. The van der Waals surface area contributed by atoms with E-state index in [-0.39, 0.29) is 17.7 Å². The lowest BCUT2D eigenvalue weighted by Gasteiger charge is -2.26. The quantitative estimate of drug-likeness (QED) is 0.354. The molecular weight excluding hydrogens is 448 g/mol. The first-order chi connectivity index (χ1) is 16.6. The van der Waals surface area contributed by atoms with Crippen molar-refractivity contribution in [2.24, 2.45) is 0 Å². The Kier molecular flexibility index (Phi) is 6.51. The van der Waals surface area contributed by atoms with Gasteiger partial charge in [0, 0.05) is 28.9 Å². The lowest BCUT2D eigenvalue weighted by atomic mass is 9.99. The minimum atomic E-state index is -0.323. The minimum absolute atomic E-state index is 0.0712. The number of anilines is 2. The van der Waals surface area contributed by atoms with Gasteiger partial charge in [0.1, 0.15) is 6.04 Å². The predicted molar refractivity (Wildman–Crippen MR) is 135 cm³/mol. The molecule has 34 heavy (non-hydrogen) atoms. The number of nitrogens with one attached hydrogen (secondary N) is 2. The van der Waals surface area contributed by atoms with Gasteiger partial charge in [-0.25, -0.2) is 0 Å². The second kappa shape index (κ2) is 9.87. The number of nitrogens with zero attached hydrogens (tertiary/aromatic N) is 1. The van der Waals surface area contributed by atoms with Gasteiger partial charge in [-0.05, 0) is 84.7 Å². The Hall–Kier alpha value is -3.36. The maximum absolute atomic E-state index is 13.4. The molecule has 0 aliphatic carbocycles. The third kappa shape index (κ3) is 4.64. The molecule has 1 saturated heterocycles. The molecule has 8 heteroatoms. The number of rotatable bonds is 6. The normalized spacial score (nSPS) is 16.6. The van der Waals surface area contributed by atoms with Crippen LogP contribution in [0.1, 0.15) is 42.0 Å². The van der Waals surface area contributed by atoms with Gasteiger partial charge in [-0.1, -0.05) is 0 Å². The van der Waals surface area contributed by atoms with Crippen molar-refractivity contribution in [2.45, 2.75) is 25.3 Å². The first-order valence-electron chi connectivity index (χ1n) is 11.6. The van der Waals surface area contributed by atoms with Crippen LogP contribution in [0, 0.1) is 5.41 Å². The largest absolute Gasteiger partial charge is 0.490 e. The molecule has 2 aromatic carbocycles. The van der Waals surface area contributed by atoms with Gasteiger partial charge in [0.15, 0.2) is 11.5 Å². The minimum Gasteiger partial charge on any atom is -0.490 e. The highest BCUT2D eigenvalue weighted by Crippen LogP contribution is 2.33. The molecule has 4 N–H and O–H groups in total. The number of carbonyl (C=O) groups is 1. The first kappa shape index (κ1) is 22.4. The summed E-state index contributed by atoms with van der Waals surface area (Å²) < 4.78 is 11.5. The van der Waals surface area contributed by atoms with E-state index in [2.05, 4.69) is 10.2 Å². The molecule has 0 saturated carbocycles. The van der Waals surface area contributed by atoms with Crippen LogP contribution in [-0.4, -0.2) is 42.8 Å². The van der Waals surface area contributed by atoms with E-state index in [1.807, 2.05) is 35.0 Å². The maximum Gasteiger partial charge on any atom is 0.246 e. The number of hydrogen-bond donors (Lipinski definition) is 3. The van der Waals surface area contributed by atoms with E-state index in [4.69, 9.17) is 20.6 Å². The number of benzene rings is 2. The second-order valence-electron chi connectivity index (χ2n) is 8.58. The van der Waals surface area contributed by atoms with E-state index in [0.717, 1.165) is 37.9 Å². The third-order valence-corrected chi connectivity index (χ3v) is 6.94. The van der Waals surface area contributed by atoms with Crippen molar-refractivity contribution in [3.63, 3.8) is 0 Å². The molecule has 2 aliphatic rings. The molecule has 0 bridgehead atoms. The SMILES string of the molecule is N=C(c1ccc2c(c1)OCCCO2)c1cc(NC(=O)C(c2ccsc2)N2CCCC2)ccc1N. The number of thiophene rings is 1. The average Bonchev–Trinajstić information content (AvgIpc) is 3.51. The molecule has 1 amide bonds. The number of amides is 1. The van der Waals surface area contributed by atoms with Gasteiger partial charge in [-0.3, -0.25) is 15.1 Å². The molecule has 176 valence electrons. The molecule has 1 fully saturated rings. The van der Waals surface area contributed by atoms with E-state index in [1.54, 1.807) is 29.5 Å². The molecule has 0 radical (unpaired) electrons. The average molecular weight is 477 g/mol. The molecule has 3 aromatic rings. The van der Waals surface area contributed by atoms with Crippen molar-refractivity contribution in [3.8, 4) is 11.5 Å². The summed E-state index contributed by atoms with van der Waals surface area (Å²) in [5.41, 5.74) is 9.84. The monoisotopic (exact) mass is 476 g/mol. The van der Waals surface area contributed by atoms with E-state index in [1.165, 1.54) is 0 Å². The summed E-state index contributed by atoms with van der Waals surface area (Å²) in [6.07, 6.45) is 3.03. The fraction of sp³-hybridized carbons (Fsp3) is 0.308. The molecular formula is C26H28N4O3S. The van der Waals surface area contributed by atoms with Gasteiger partial charge < -0.3 is 20.5 Å². The van der Waals surface area contributed by atoms with Gasteiger partial charge in [0.05, 0.1) is 18.9 Å². The van der Waals surface area contributed by atoms with Gasteiger partial charge >= 0.3 is 0 Å². The predicted octanol–water partition coefficient (Wildman–Crippen LogP) is 4.68. The number of nitrogen functional groups attached to an aromatic ring is 1. The van der Waals surface area contributed by atoms with Crippen molar-refractivity contribution in [1.82, 2.24) is 4.90 Å². The van der Waals surface area contributed by atoms with Crippen LogP contribution in [0.3, 0.4) is 0 Å². The van der Waals surface area contributed by atoms with Crippen LogP contribution in [0.15, 0.2) is 53.2 Å². The zero-order valence-electron chi connectivity index (χ0n) is 18.9. The van der Waals surface area contributed by atoms with Crippen LogP contribution in [0.4, 0.5) is 11.4 Å². The fourth-order valence-corrected chi connectivity index (χ4v) is 5.17. The van der Waals surface area contributed by atoms with Crippen molar-refractivity contribution in [3.05, 3.63) is 69.9 Å². The maximum atomic E-state index is 13.4. The van der Waals surface area contributed by atoms with Gasteiger partial charge in [0.25, 0.3) is 0 Å². The summed E-state index contributed by atoms with van der Waals surface area (Å²) >= 11 is 1.60. The van der Waals surface area contributed by atoms with Crippen LogP contribution in [-0.2, 0) is 4.79 Å². The Morgan fingerprint density at radius 2 is 1.82 bits per heavy atom. The molecule has 2 aliphatic heterocycles. The fourth-order valence-electron chi connectivity index (χ4n) is 4.49. The topological polar surface area (TPSA) is 101 Å². The molecule has 0 spiro atoms. The van der Waals surface area contributed by atoms with Crippen LogP contribution in [0.25, 0.3) is 0 Å². The van der Waals surface area contributed by atoms with E-state index in [0.29, 0.717) is 47.2 Å². The molecule has 1 atom stereocenters. The van der Waals surface area contributed by atoms with Crippen molar-refractivity contribution in [2.75, 3.05) is 37.4 Å². The number of hydrogen-bond acceptors (Lipinski definition) is 7. The van der Waals surface area contributed by atoms with E-state index in [9.17, 15) is 4.79 Å². The first-order valence-corrected chi connectivity index (χ1v) is 12.5. The summed E-state index contributed by atoms with van der Waals surface area (Å²) in [5.74, 6) is 1.24. The lowest BCUT2D eigenvalue weighted by molar-refractivity contribution is -0.121. The van der Waals surface area contributed by atoms with Crippen molar-refractivity contribution in [1.29, 1.82) is 5.41 Å². The van der Waals surface area contributed by atoms with Crippen molar-refractivity contribution >= 4 is 34.3 Å². The van der Waals surface area contributed by atoms with Gasteiger partial charge in [0.2, 0.25) is 5.91 Å². The van der Waals surface area contributed by atoms with Crippen molar-refractivity contribution < 1.29 is 14.3 Å². The molecule has 3 heterocycles. The van der Waals surface area contributed by atoms with Crippen LogP contribution in [0.5, 0.6) is 11.5 Å². The van der Waals surface area contributed by atoms with Crippen LogP contribution < -0.4 is 20.5 Å². The summed E-state index contributed by atoms with van der Waals surface area (Å²) in [6, 6.07) is 12.5. The van der Waals surface area contributed by atoms with Gasteiger partial charge in [-0.2, -0.15) is 11.3 Å². The third-order valence-electron chi connectivity index (χ3n) is 6.24.